The fourth-order valence-electron chi connectivity index (χ4n) is 3.71. The SMILES string of the molecule is CC(C)c1cccc(C(C)C)c1NC(=O)N1CCN(Cc2ccccn2)CC1. The summed E-state index contributed by atoms with van der Waals surface area (Å²) in [5.41, 5.74) is 4.47. The fourth-order valence-corrected chi connectivity index (χ4v) is 3.71. The molecule has 1 aliphatic heterocycles. The Morgan fingerprint density at radius 3 is 2.14 bits per heavy atom. The molecular formula is C23H32N4O. The van der Waals surface area contributed by atoms with Crippen molar-refractivity contribution >= 4 is 11.7 Å². The maximum Gasteiger partial charge on any atom is 0.321 e. The van der Waals surface area contributed by atoms with Crippen LogP contribution in [0, 0.1) is 0 Å². The second-order valence-corrected chi connectivity index (χ2v) is 8.14. The Balaban J connectivity index is 1.63. The molecule has 0 spiro atoms. The third-order valence-electron chi connectivity index (χ3n) is 5.38. The largest absolute Gasteiger partial charge is 0.322 e. The van der Waals surface area contributed by atoms with Gasteiger partial charge >= 0.3 is 6.03 Å². The summed E-state index contributed by atoms with van der Waals surface area (Å²) in [5.74, 6) is 0.730. The van der Waals surface area contributed by atoms with Gasteiger partial charge in [-0.05, 0) is 35.1 Å². The van der Waals surface area contributed by atoms with Gasteiger partial charge in [0.15, 0.2) is 0 Å². The van der Waals surface area contributed by atoms with E-state index < -0.39 is 0 Å². The molecule has 1 aromatic carbocycles. The van der Waals surface area contributed by atoms with Crippen LogP contribution in [0.3, 0.4) is 0 Å². The van der Waals surface area contributed by atoms with Crippen molar-refractivity contribution in [2.75, 3.05) is 31.5 Å². The smallest absolute Gasteiger partial charge is 0.321 e. The maximum atomic E-state index is 13.0. The Hall–Kier alpha value is -2.40. The number of aromatic nitrogens is 1. The highest BCUT2D eigenvalue weighted by atomic mass is 16.2. The number of carbonyl (C=O) groups is 1. The molecule has 1 fully saturated rings. The van der Waals surface area contributed by atoms with Crippen molar-refractivity contribution < 1.29 is 4.79 Å². The van der Waals surface area contributed by atoms with Crippen LogP contribution in [0.25, 0.3) is 0 Å². The molecule has 5 heteroatoms. The summed E-state index contributed by atoms with van der Waals surface area (Å²) in [6.07, 6.45) is 1.83. The van der Waals surface area contributed by atoms with Gasteiger partial charge in [0.05, 0.1) is 5.69 Å². The molecule has 1 aromatic heterocycles. The third-order valence-corrected chi connectivity index (χ3v) is 5.38. The van der Waals surface area contributed by atoms with E-state index in [-0.39, 0.29) is 6.03 Å². The lowest BCUT2D eigenvalue weighted by atomic mass is 9.93. The van der Waals surface area contributed by atoms with Crippen LogP contribution >= 0.6 is 0 Å². The number of carbonyl (C=O) groups excluding carboxylic acids is 1. The van der Waals surface area contributed by atoms with E-state index in [1.165, 1.54) is 11.1 Å². The van der Waals surface area contributed by atoms with Crippen LogP contribution < -0.4 is 5.32 Å². The minimum absolute atomic E-state index is 0.00693. The predicted octanol–water partition coefficient (Wildman–Crippen LogP) is 4.68. The summed E-state index contributed by atoms with van der Waals surface area (Å²) in [4.78, 5) is 21.6. The summed E-state index contributed by atoms with van der Waals surface area (Å²) in [5, 5.41) is 3.23. The van der Waals surface area contributed by atoms with E-state index in [0.717, 1.165) is 44.1 Å². The van der Waals surface area contributed by atoms with Gasteiger partial charge < -0.3 is 10.2 Å². The van der Waals surface area contributed by atoms with E-state index in [4.69, 9.17) is 0 Å². The molecule has 0 bridgehead atoms. The summed E-state index contributed by atoms with van der Waals surface area (Å²) < 4.78 is 0. The van der Waals surface area contributed by atoms with Crippen LogP contribution in [-0.4, -0.2) is 47.0 Å². The zero-order valence-electron chi connectivity index (χ0n) is 17.5. The van der Waals surface area contributed by atoms with Crippen molar-refractivity contribution in [3.05, 3.63) is 59.4 Å². The molecule has 28 heavy (non-hydrogen) atoms. The molecular weight excluding hydrogens is 348 g/mol. The van der Waals surface area contributed by atoms with Crippen molar-refractivity contribution in [1.82, 2.24) is 14.8 Å². The molecule has 3 rings (SSSR count). The monoisotopic (exact) mass is 380 g/mol. The number of benzene rings is 1. The highest BCUT2D eigenvalue weighted by molar-refractivity contribution is 5.91. The van der Waals surface area contributed by atoms with E-state index in [1.807, 2.05) is 23.2 Å². The van der Waals surface area contributed by atoms with Crippen molar-refractivity contribution in [3.63, 3.8) is 0 Å². The molecule has 2 aromatic rings. The Kier molecular flexibility index (Phi) is 6.68. The van der Waals surface area contributed by atoms with Crippen molar-refractivity contribution in [1.29, 1.82) is 0 Å². The number of nitrogens with zero attached hydrogens (tertiary/aromatic N) is 3. The van der Waals surface area contributed by atoms with Crippen molar-refractivity contribution in [2.45, 2.75) is 46.1 Å². The molecule has 1 aliphatic rings. The molecule has 0 aliphatic carbocycles. The summed E-state index contributed by atoms with van der Waals surface area (Å²) in [7, 11) is 0. The van der Waals surface area contributed by atoms with Gasteiger partial charge in [-0.2, -0.15) is 0 Å². The molecule has 0 unspecified atom stereocenters. The highest BCUT2D eigenvalue weighted by Crippen LogP contribution is 2.32. The predicted molar refractivity (Wildman–Crippen MR) is 115 cm³/mol. The number of hydrogen-bond donors (Lipinski definition) is 1. The number of urea groups is 1. The third kappa shape index (κ3) is 4.90. The fraction of sp³-hybridized carbons (Fsp3) is 0.478. The molecule has 2 heterocycles. The average Bonchev–Trinajstić information content (AvgIpc) is 2.69. The van der Waals surface area contributed by atoms with Gasteiger partial charge in [-0.15, -0.1) is 0 Å². The molecule has 1 saturated heterocycles. The van der Waals surface area contributed by atoms with Gasteiger partial charge in [0.1, 0.15) is 0 Å². The summed E-state index contributed by atoms with van der Waals surface area (Å²) in [6.45, 7) is 12.7. The first-order valence-corrected chi connectivity index (χ1v) is 10.3. The standard InChI is InChI=1S/C23H32N4O/c1-17(2)20-9-7-10-21(18(3)4)22(20)25-23(28)27-14-12-26(13-15-27)16-19-8-5-6-11-24-19/h5-11,17-18H,12-16H2,1-4H3,(H,25,28). The maximum absolute atomic E-state index is 13.0. The van der Waals surface area contributed by atoms with Gasteiger partial charge in [-0.25, -0.2) is 4.79 Å². The van der Waals surface area contributed by atoms with Gasteiger partial charge in [-0.3, -0.25) is 9.88 Å². The average molecular weight is 381 g/mol. The highest BCUT2D eigenvalue weighted by Gasteiger charge is 2.23. The van der Waals surface area contributed by atoms with Crippen LogP contribution in [0.2, 0.25) is 0 Å². The van der Waals surface area contributed by atoms with Gasteiger partial charge in [0.25, 0.3) is 0 Å². The van der Waals surface area contributed by atoms with Gasteiger partial charge in [0, 0.05) is 44.6 Å². The quantitative estimate of drug-likeness (QED) is 0.819. The summed E-state index contributed by atoms with van der Waals surface area (Å²) >= 11 is 0. The molecule has 150 valence electrons. The summed E-state index contributed by atoms with van der Waals surface area (Å²) in [6, 6.07) is 12.4. The van der Waals surface area contributed by atoms with Crippen molar-refractivity contribution in [3.8, 4) is 0 Å². The van der Waals surface area contributed by atoms with Crippen LogP contribution in [-0.2, 0) is 6.54 Å². The second kappa shape index (κ2) is 9.20. The number of anilines is 1. The number of pyridine rings is 1. The Morgan fingerprint density at radius 2 is 1.61 bits per heavy atom. The number of piperazine rings is 1. The Morgan fingerprint density at radius 1 is 0.964 bits per heavy atom. The number of amides is 2. The van der Waals surface area contributed by atoms with Crippen LogP contribution in [0.5, 0.6) is 0 Å². The number of para-hydroxylation sites is 1. The van der Waals surface area contributed by atoms with E-state index in [0.29, 0.717) is 11.8 Å². The molecule has 0 radical (unpaired) electrons. The Labute approximate surface area is 168 Å². The van der Waals surface area contributed by atoms with Gasteiger partial charge in [-0.1, -0.05) is 52.0 Å². The molecule has 0 saturated carbocycles. The lowest BCUT2D eigenvalue weighted by molar-refractivity contribution is 0.142. The zero-order valence-corrected chi connectivity index (χ0v) is 17.5. The van der Waals surface area contributed by atoms with E-state index >= 15 is 0 Å². The topological polar surface area (TPSA) is 48.5 Å². The van der Waals surface area contributed by atoms with E-state index in [2.05, 4.69) is 67.2 Å². The van der Waals surface area contributed by atoms with Crippen molar-refractivity contribution in [2.24, 2.45) is 0 Å². The first-order valence-electron chi connectivity index (χ1n) is 10.3. The van der Waals surface area contributed by atoms with E-state index in [9.17, 15) is 4.79 Å². The number of rotatable bonds is 5. The minimum Gasteiger partial charge on any atom is -0.322 e. The first-order chi connectivity index (χ1) is 13.5. The first kappa shape index (κ1) is 20.3. The molecule has 1 N–H and O–H groups in total. The Bertz CT molecular complexity index is 754. The molecule has 5 nitrogen and oxygen atoms in total. The van der Waals surface area contributed by atoms with Crippen LogP contribution in [0.4, 0.5) is 10.5 Å². The van der Waals surface area contributed by atoms with Gasteiger partial charge in [0.2, 0.25) is 0 Å². The molecule has 2 amide bonds. The normalized spacial score (nSPS) is 15.3. The van der Waals surface area contributed by atoms with Crippen LogP contribution in [0.15, 0.2) is 42.6 Å². The minimum atomic E-state index is 0.00693. The lowest BCUT2D eigenvalue weighted by Crippen LogP contribution is -2.49. The lowest BCUT2D eigenvalue weighted by Gasteiger charge is -2.35. The van der Waals surface area contributed by atoms with Crippen LogP contribution in [0.1, 0.15) is 56.4 Å². The zero-order chi connectivity index (χ0) is 20.1. The molecule has 0 atom stereocenters. The second-order valence-electron chi connectivity index (χ2n) is 8.14. The number of hydrogen-bond acceptors (Lipinski definition) is 3. The number of nitrogens with one attached hydrogen (secondary N) is 1. The van der Waals surface area contributed by atoms with E-state index in [1.54, 1.807) is 0 Å².